The number of aromatic nitrogens is 1. The molecule has 0 atom stereocenters. The van der Waals surface area contributed by atoms with Gasteiger partial charge in [-0.1, -0.05) is 0 Å². The molecule has 0 unspecified atom stereocenters. The van der Waals surface area contributed by atoms with Gasteiger partial charge in [-0.05, 0) is 32.9 Å². The second-order valence-electron chi connectivity index (χ2n) is 4.99. The zero-order chi connectivity index (χ0) is 15.2. The van der Waals surface area contributed by atoms with Gasteiger partial charge in [0.15, 0.2) is 0 Å². The smallest absolute Gasteiger partial charge is 0.347 e. The highest BCUT2D eigenvalue weighted by Crippen LogP contribution is 2.17. The van der Waals surface area contributed by atoms with Gasteiger partial charge in [0.2, 0.25) is 0 Å². The Bertz CT molecular complexity index is 512. The van der Waals surface area contributed by atoms with E-state index in [1.165, 1.54) is 12.8 Å². The van der Waals surface area contributed by atoms with Crippen LogP contribution in [0, 0.1) is 6.92 Å². The molecular formula is C13H20N4O3S. The van der Waals surface area contributed by atoms with E-state index in [0.29, 0.717) is 17.2 Å². The third kappa shape index (κ3) is 4.68. The van der Waals surface area contributed by atoms with Crippen LogP contribution in [0.2, 0.25) is 0 Å². The number of aromatic carboxylic acids is 1. The molecule has 1 aliphatic rings. The number of rotatable bonds is 6. The molecule has 2 heterocycles. The fourth-order valence-electron chi connectivity index (χ4n) is 2.28. The van der Waals surface area contributed by atoms with Crippen molar-refractivity contribution in [1.82, 2.24) is 20.5 Å². The molecule has 3 N–H and O–H groups in total. The van der Waals surface area contributed by atoms with Gasteiger partial charge in [0.05, 0.1) is 12.2 Å². The molecule has 0 bridgehead atoms. The molecule has 1 aliphatic heterocycles. The van der Waals surface area contributed by atoms with Crippen molar-refractivity contribution in [1.29, 1.82) is 0 Å². The highest BCUT2D eigenvalue weighted by atomic mass is 32.1. The molecule has 1 saturated heterocycles. The number of hydrogen-bond acceptors (Lipinski definition) is 5. The lowest BCUT2D eigenvalue weighted by molar-refractivity contribution is 0.0701. The summed E-state index contributed by atoms with van der Waals surface area (Å²) in [6, 6.07) is -0.251. The molecule has 1 fully saturated rings. The van der Waals surface area contributed by atoms with Crippen molar-refractivity contribution >= 4 is 23.3 Å². The third-order valence-corrected chi connectivity index (χ3v) is 4.49. The highest BCUT2D eigenvalue weighted by Gasteiger charge is 2.14. The molecule has 0 radical (unpaired) electrons. The zero-order valence-corrected chi connectivity index (χ0v) is 12.8. The van der Waals surface area contributed by atoms with Gasteiger partial charge in [-0.3, -0.25) is 0 Å². The predicted octanol–water partition coefficient (Wildman–Crippen LogP) is 1.04. The monoisotopic (exact) mass is 312 g/mol. The molecule has 2 amide bonds. The predicted molar refractivity (Wildman–Crippen MR) is 79.7 cm³/mol. The molecule has 0 aromatic carbocycles. The second kappa shape index (κ2) is 7.37. The van der Waals surface area contributed by atoms with Crippen LogP contribution in [0.15, 0.2) is 0 Å². The van der Waals surface area contributed by atoms with E-state index in [-0.39, 0.29) is 17.5 Å². The summed E-state index contributed by atoms with van der Waals surface area (Å²) in [7, 11) is 0. The number of hydrogen-bond donors (Lipinski definition) is 3. The van der Waals surface area contributed by atoms with Crippen molar-refractivity contribution in [3.63, 3.8) is 0 Å². The van der Waals surface area contributed by atoms with E-state index >= 15 is 0 Å². The summed E-state index contributed by atoms with van der Waals surface area (Å²) >= 11 is 1.09. The van der Waals surface area contributed by atoms with Gasteiger partial charge in [-0.15, -0.1) is 11.3 Å². The van der Waals surface area contributed by atoms with Crippen LogP contribution in [-0.4, -0.2) is 53.2 Å². The average molecular weight is 312 g/mol. The number of amides is 2. The Morgan fingerprint density at radius 1 is 1.33 bits per heavy atom. The number of nitrogens with zero attached hydrogens (tertiary/aromatic N) is 2. The van der Waals surface area contributed by atoms with Crippen molar-refractivity contribution < 1.29 is 14.7 Å². The first kappa shape index (κ1) is 15.7. The van der Waals surface area contributed by atoms with E-state index < -0.39 is 5.97 Å². The molecule has 0 spiro atoms. The maximum Gasteiger partial charge on any atom is 0.347 e. The third-order valence-electron chi connectivity index (χ3n) is 3.35. The van der Waals surface area contributed by atoms with E-state index in [1.807, 2.05) is 0 Å². The minimum atomic E-state index is -0.980. The van der Waals surface area contributed by atoms with Crippen LogP contribution in [0.4, 0.5) is 4.79 Å². The number of urea groups is 1. The Morgan fingerprint density at radius 3 is 2.67 bits per heavy atom. The quantitative estimate of drug-likeness (QED) is 0.730. The summed E-state index contributed by atoms with van der Waals surface area (Å²) in [6.45, 7) is 5.60. The molecule has 0 saturated carbocycles. The lowest BCUT2D eigenvalue weighted by atomic mass is 10.4. The molecule has 1 aromatic heterocycles. The van der Waals surface area contributed by atoms with Crippen LogP contribution >= 0.6 is 11.3 Å². The molecule has 21 heavy (non-hydrogen) atoms. The molecule has 2 rings (SSSR count). The van der Waals surface area contributed by atoms with Gasteiger partial charge in [0, 0.05) is 13.1 Å². The number of carboxylic acids is 1. The first-order valence-corrected chi connectivity index (χ1v) is 7.81. The van der Waals surface area contributed by atoms with Gasteiger partial charge in [0.25, 0.3) is 0 Å². The Balaban J connectivity index is 1.68. The highest BCUT2D eigenvalue weighted by molar-refractivity contribution is 7.13. The topological polar surface area (TPSA) is 94.6 Å². The SMILES string of the molecule is Cc1nc(CNC(=O)NCCN2CCCC2)sc1C(=O)O. The van der Waals surface area contributed by atoms with Crippen LogP contribution in [0.3, 0.4) is 0 Å². The van der Waals surface area contributed by atoms with E-state index in [4.69, 9.17) is 5.11 Å². The van der Waals surface area contributed by atoms with Gasteiger partial charge < -0.3 is 20.6 Å². The van der Waals surface area contributed by atoms with E-state index in [9.17, 15) is 9.59 Å². The largest absolute Gasteiger partial charge is 0.477 e. The van der Waals surface area contributed by atoms with E-state index in [1.54, 1.807) is 6.92 Å². The van der Waals surface area contributed by atoms with Crippen LogP contribution in [0.1, 0.15) is 33.2 Å². The van der Waals surface area contributed by atoms with Crippen molar-refractivity contribution in [3.05, 3.63) is 15.6 Å². The number of carboxylic acid groups (broad SMARTS) is 1. The van der Waals surface area contributed by atoms with Gasteiger partial charge >= 0.3 is 12.0 Å². The minimum Gasteiger partial charge on any atom is -0.477 e. The van der Waals surface area contributed by atoms with E-state index in [2.05, 4.69) is 20.5 Å². The Morgan fingerprint density at radius 2 is 2.05 bits per heavy atom. The van der Waals surface area contributed by atoms with Crippen molar-refractivity contribution in [2.45, 2.75) is 26.3 Å². The molecule has 1 aromatic rings. The Labute approximate surface area is 127 Å². The summed E-state index contributed by atoms with van der Waals surface area (Å²) in [6.07, 6.45) is 2.48. The fraction of sp³-hybridized carbons (Fsp3) is 0.615. The minimum absolute atomic E-state index is 0.223. The van der Waals surface area contributed by atoms with Crippen molar-refractivity contribution in [2.24, 2.45) is 0 Å². The van der Waals surface area contributed by atoms with Gasteiger partial charge in [-0.25, -0.2) is 14.6 Å². The summed E-state index contributed by atoms with van der Waals surface area (Å²) in [4.78, 5) is 29.2. The standard InChI is InChI=1S/C13H20N4O3S/c1-9-11(12(18)19)21-10(16-9)8-15-13(20)14-4-7-17-5-2-3-6-17/h2-8H2,1H3,(H,18,19)(H2,14,15,20). The lowest BCUT2D eigenvalue weighted by Crippen LogP contribution is -2.39. The summed E-state index contributed by atoms with van der Waals surface area (Å²) in [5.74, 6) is -0.980. The molecule has 116 valence electrons. The maximum atomic E-state index is 11.6. The maximum absolute atomic E-state index is 11.6. The number of thiazole rings is 1. The summed E-state index contributed by atoms with van der Waals surface area (Å²) in [5, 5.41) is 15.0. The van der Waals surface area contributed by atoms with Crippen LogP contribution in [0.25, 0.3) is 0 Å². The molecule has 7 nitrogen and oxygen atoms in total. The first-order valence-electron chi connectivity index (χ1n) is 7.00. The van der Waals surface area contributed by atoms with Crippen LogP contribution < -0.4 is 10.6 Å². The van der Waals surface area contributed by atoms with Gasteiger partial charge in [-0.2, -0.15) is 0 Å². The number of carbonyl (C=O) groups is 2. The Hall–Kier alpha value is -1.67. The summed E-state index contributed by atoms with van der Waals surface area (Å²) in [5.41, 5.74) is 0.485. The number of nitrogens with one attached hydrogen (secondary N) is 2. The Kier molecular flexibility index (Phi) is 5.51. The molecule has 0 aliphatic carbocycles. The van der Waals surface area contributed by atoms with Crippen molar-refractivity contribution in [2.75, 3.05) is 26.2 Å². The van der Waals surface area contributed by atoms with Crippen molar-refractivity contribution in [3.8, 4) is 0 Å². The zero-order valence-electron chi connectivity index (χ0n) is 12.0. The summed E-state index contributed by atoms with van der Waals surface area (Å²) < 4.78 is 0. The number of carbonyl (C=O) groups excluding carboxylic acids is 1. The first-order chi connectivity index (χ1) is 10.1. The van der Waals surface area contributed by atoms with Crippen LogP contribution in [0.5, 0.6) is 0 Å². The van der Waals surface area contributed by atoms with Gasteiger partial charge in [0.1, 0.15) is 9.88 Å². The number of aryl methyl sites for hydroxylation is 1. The normalized spacial score (nSPS) is 15.1. The van der Waals surface area contributed by atoms with E-state index in [0.717, 1.165) is 31.0 Å². The average Bonchev–Trinajstić information content (AvgIpc) is 3.06. The lowest BCUT2D eigenvalue weighted by Gasteiger charge is -2.14. The number of likely N-dealkylation sites (tertiary alicyclic amines) is 1. The van der Waals surface area contributed by atoms with Crippen LogP contribution in [-0.2, 0) is 6.54 Å². The fourth-order valence-corrected chi connectivity index (χ4v) is 3.12. The second-order valence-corrected chi connectivity index (χ2v) is 6.07. The molecular weight excluding hydrogens is 292 g/mol. The molecule has 8 heteroatoms.